The van der Waals surface area contributed by atoms with Crippen LogP contribution in [0.1, 0.15) is 44.4 Å². The van der Waals surface area contributed by atoms with Crippen LogP contribution >= 0.6 is 0 Å². The number of hydrogen-bond donors (Lipinski definition) is 0. The van der Waals surface area contributed by atoms with Gasteiger partial charge in [0, 0.05) is 20.0 Å². The molecule has 4 nitrogen and oxygen atoms in total. The highest BCUT2D eigenvalue weighted by molar-refractivity contribution is 5.74. The Morgan fingerprint density at radius 1 is 1.24 bits per heavy atom. The van der Waals surface area contributed by atoms with E-state index in [-0.39, 0.29) is 18.3 Å². The number of esters is 1. The van der Waals surface area contributed by atoms with Crippen LogP contribution in [0.2, 0.25) is 0 Å². The summed E-state index contributed by atoms with van der Waals surface area (Å²) in [7, 11) is 0. The molecule has 1 aliphatic heterocycles. The molecule has 4 heteroatoms. The topological polar surface area (TPSA) is 46.6 Å². The zero-order valence-corrected chi connectivity index (χ0v) is 13.2. The molecule has 1 heterocycles. The second-order valence-electron chi connectivity index (χ2n) is 6.56. The van der Waals surface area contributed by atoms with Gasteiger partial charge in [-0.3, -0.25) is 9.59 Å². The number of rotatable bonds is 2. The number of benzene rings is 1. The van der Waals surface area contributed by atoms with Crippen molar-refractivity contribution >= 4 is 11.9 Å². The van der Waals surface area contributed by atoms with Crippen LogP contribution < -0.4 is 0 Å². The van der Waals surface area contributed by atoms with Gasteiger partial charge in [0.05, 0.1) is 6.42 Å². The molecule has 0 aliphatic carbocycles. The van der Waals surface area contributed by atoms with E-state index in [1.54, 1.807) is 6.92 Å². The highest BCUT2D eigenvalue weighted by atomic mass is 16.6. The van der Waals surface area contributed by atoms with Crippen molar-refractivity contribution < 1.29 is 14.3 Å². The first kappa shape index (κ1) is 15.5. The summed E-state index contributed by atoms with van der Waals surface area (Å²) in [6, 6.07) is 6.06. The highest BCUT2D eigenvalue weighted by Crippen LogP contribution is 2.21. The normalized spacial score (nSPS) is 14.6. The Balaban J connectivity index is 2.09. The summed E-state index contributed by atoms with van der Waals surface area (Å²) in [6.07, 6.45) is 1.15. The molecule has 0 N–H and O–H groups in total. The summed E-state index contributed by atoms with van der Waals surface area (Å²) in [5.74, 6) is -0.125. The largest absolute Gasteiger partial charge is 0.460 e. The summed E-state index contributed by atoms with van der Waals surface area (Å²) >= 11 is 0. The highest BCUT2D eigenvalue weighted by Gasteiger charge is 2.20. The Morgan fingerprint density at radius 3 is 2.57 bits per heavy atom. The zero-order valence-electron chi connectivity index (χ0n) is 13.2. The lowest BCUT2D eigenvalue weighted by Crippen LogP contribution is -2.34. The Morgan fingerprint density at radius 2 is 1.95 bits per heavy atom. The number of hydrogen-bond acceptors (Lipinski definition) is 3. The fraction of sp³-hybridized carbons (Fsp3) is 0.529. The maximum Gasteiger partial charge on any atom is 0.310 e. The minimum Gasteiger partial charge on any atom is -0.460 e. The van der Waals surface area contributed by atoms with E-state index in [9.17, 15) is 9.59 Å². The van der Waals surface area contributed by atoms with Gasteiger partial charge in [-0.1, -0.05) is 18.2 Å². The van der Waals surface area contributed by atoms with Crippen LogP contribution in [0.25, 0.3) is 0 Å². The Hall–Kier alpha value is -1.84. The van der Waals surface area contributed by atoms with Gasteiger partial charge in [-0.15, -0.1) is 0 Å². The maximum atomic E-state index is 11.9. The predicted octanol–water partition coefficient (Wildman–Crippen LogP) is 2.48. The van der Waals surface area contributed by atoms with Crippen LogP contribution in [0.3, 0.4) is 0 Å². The fourth-order valence-electron chi connectivity index (χ4n) is 2.53. The molecule has 2 rings (SSSR count). The predicted molar refractivity (Wildman–Crippen MR) is 80.8 cm³/mol. The first-order valence-corrected chi connectivity index (χ1v) is 7.32. The minimum atomic E-state index is -0.462. The smallest absolute Gasteiger partial charge is 0.310 e. The molecule has 0 unspecified atom stereocenters. The average Bonchev–Trinajstić information content (AvgIpc) is 2.35. The van der Waals surface area contributed by atoms with Crippen molar-refractivity contribution in [3.8, 4) is 0 Å². The molecule has 21 heavy (non-hydrogen) atoms. The molecular weight excluding hydrogens is 266 g/mol. The Labute approximate surface area is 126 Å². The average molecular weight is 289 g/mol. The fourth-order valence-corrected chi connectivity index (χ4v) is 2.53. The zero-order chi connectivity index (χ0) is 15.6. The van der Waals surface area contributed by atoms with Gasteiger partial charge in [0.2, 0.25) is 5.91 Å². The first-order valence-electron chi connectivity index (χ1n) is 7.32. The summed E-state index contributed by atoms with van der Waals surface area (Å²) in [6.45, 7) is 8.59. The van der Waals surface area contributed by atoms with Crippen molar-refractivity contribution in [1.82, 2.24) is 4.90 Å². The molecular formula is C17H23NO3. The number of fused-ring (bicyclic) bond motifs is 1. The van der Waals surface area contributed by atoms with Crippen LogP contribution in [-0.4, -0.2) is 28.9 Å². The summed E-state index contributed by atoms with van der Waals surface area (Å²) in [5.41, 5.74) is 2.88. The van der Waals surface area contributed by atoms with E-state index < -0.39 is 5.60 Å². The molecule has 0 radical (unpaired) electrons. The Bertz CT molecular complexity index is 558. The lowest BCUT2D eigenvalue weighted by molar-refractivity contribution is -0.153. The number of carbonyl (C=O) groups excluding carboxylic acids is 2. The van der Waals surface area contributed by atoms with E-state index in [0.717, 1.165) is 24.1 Å². The summed E-state index contributed by atoms with van der Waals surface area (Å²) < 4.78 is 5.34. The number of amides is 1. The standard InChI is InChI=1S/C17H23NO3/c1-12(19)18-8-7-14-6-5-13(9-15(14)11-18)10-16(20)21-17(2,3)4/h5-6,9H,7-8,10-11H2,1-4H3. The number of nitrogens with zero attached hydrogens (tertiary/aromatic N) is 1. The van der Waals surface area contributed by atoms with E-state index in [4.69, 9.17) is 4.74 Å². The van der Waals surface area contributed by atoms with Crippen molar-refractivity contribution in [2.75, 3.05) is 6.54 Å². The molecule has 0 saturated heterocycles. The van der Waals surface area contributed by atoms with Gasteiger partial charge < -0.3 is 9.64 Å². The lowest BCUT2D eigenvalue weighted by atomic mass is 9.96. The maximum absolute atomic E-state index is 11.9. The van der Waals surface area contributed by atoms with E-state index >= 15 is 0 Å². The van der Waals surface area contributed by atoms with Crippen molar-refractivity contribution in [1.29, 1.82) is 0 Å². The molecule has 0 aromatic heterocycles. The quantitative estimate of drug-likeness (QED) is 0.786. The van der Waals surface area contributed by atoms with Crippen molar-refractivity contribution in [2.24, 2.45) is 0 Å². The van der Waals surface area contributed by atoms with Crippen LogP contribution in [0.5, 0.6) is 0 Å². The van der Waals surface area contributed by atoms with Crippen molar-refractivity contribution in [3.63, 3.8) is 0 Å². The third kappa shape index (κ3) is 4.31. The monoisotopic (exact) mass is 289 g/mol. The molecule has 1 aliphatic rings. The molecule has 0 bridgehead atoms. The van der Waals surface area contributed by atoms with Gasteiger partial charge in [-0.25, -0.2) is 0 Å². The molecule has 1 aromatic carbocycles. The van der Waals surface area contributed by atoms with E-state index in [1.807, 2.05) is 37.8 Å². The van der Waals surface area contributed by atoms with Gasteiger partial charge in [-0.2, -0.15) is 0 Å². The van der Waals surface area contributed by atoms with E-state index in [0.29, 0.717) is 6.54 Å². The van der Waals surface area contributed by atoms with Gasteiger partial charge in [0.15, 0.2) is 0 Å². The van der Waals surface area contributed by atoms with Crippen LogP contribution in [-0.2, 0) is 33.7 Å². The summed E-state index contributed by atoms with van der Waals surface area (Å²) in [5, 5.41) is 0. The molecule has 0 fully saturated rings. The second kappa shape index (κ2) is 5.88. The van der Waals surface area contributed by atoms with Gasteiger partial charge >= 0.3 is 5.97 Å². The minimum absolute atomic E-state index is 0.0956. The second-order valence-corrected chi connectivity index (χ2v) is 6.56. The van der Waals surface area contributed by atoms with Crippen LogP contribution in [0, 0.1) is 0 Å². The van der Waals surface area contributed by atoms with Crippen LogP contribution in [0.4, 0.5) is 0 Å². The molecule has 114 valence electrons. The third-order valence-electron chi connectivity index (χ3n) is 3.50. The third-order valence-corrected chi connectivity index (χ3v) is 3.50. The molecule has 1 aromatic rings. The first-order chi connectivity index (χ1) is 9.74. The number of ether oxygens (including phenoxy) is 1. The molecule has 0 spiro atoms. The van der Waals surface area contributed by atoms with E-state index in [1.165, 1.54) is 5.56 Å². The van der Waals surface area contributed by atoms with Gasteiger partial charge in [0.25, 0.3) is 0 Å². The van der Waals surface area contributed by atoms with Crippen molar-refractivity contribution in [3.05, 3.63) is 34.9 Å². The van der Waals surface area contributed by atoms with Gasteiger partial charge in [0.1, 0.15) is 5.60 Å². The SMILES string of the molecule is CC(=O)N1CCc2ccc(CC(=O)OC(C)(C)C)cc2C1. The van der Waals surface area contributed by atoms with E-state index in [2.05, 4.69) is 6.07 Å². The van der Waals surface area contributed by atoms with Crippen molar-refractivity contribution in [2.45, 2.75) is 52.7 Å². The molecule has 0 saturated carbocycles. The summed E-state index contributed by atoms with van der Waals surface area (Å²) in [4.78, 5) is 25.2. The molecule has 0 atom stereocenters. The lowest BCUT2D eigenvalue weighted by Gasteiger charge is -2.28. The van der Waals surface area contributed by atoms with Crippen LogP contribution in [0.15, 0.2) is 18.2 Å². The Kier molecular flexibility index (Phi) is 4.35. The van der Waals surface area contributed by atoms with Gasteiger partial charge in [-0.05, 0) is 43.9 Å². The number of carbonyl (C=O) groups is 2. The molecule has 1 amide bonds.